The topological polar surface area (TPSA) is 84.2 Å². The highest BCUT2D eigenvalue weighted by Gasteiger charge is 2.35. The van der Waals surface area contributed by atoms with E-state index in [2.05, 4.69) is 53.5 Å². The molecule has 0 saturated carbocycles. The maximum Gasteiger partial charge on any atom is 0.330 e. The Morgan fingerprint density at radius 1 is 0.939 bits per heavy atom. The molecule has 0 fully saturated rings. The second kappa shape index (κ2) is 9.30. The van der Waals surface area contributed by atoms with Gasteiger partial charge in [-0.15, -0.1) is 0 Å². The molecule has 4 aromatic rings. The fraction of sp³-hybridized carbons (Fsp3) is 0.370. The van der Waals surface area contributed by atoms with Crippen molar-refractivity contribution in [1.29, 1.82) is 0 Å². The Labute approximate surface area is 196 Å². The van der Waals surface area contributed by atoms with Gasteiger partial charge in [-0.2, -0.15) is 0 Å². The van der Waals surface area contributed by atoms with Crippen LogP contribution < -0.4 is 11.2 Å². The largest absolute Gasteiger partial charge is 0.427 e. The molecule has 1 radical (unpaired) electrons. The summed E-state index contributed by atoms with van der Waals surface area (Å²) in [4.78, 5) is 8.17. The molecule has 0 atom stereocenters. The third-order valence-electron chi connectivity index (χ3n) is 6.56. The average molecular weight is 442 g/mol. The predicted molar refractivity (Wildman–Crippen MR) is 138 cm³/mol. The van der Waals surface area contributed by atoms with Gasteiger partial charge >= 0.3 is 7.48 Å². The number of aryl methyl sites for hydroxylation is 1. The molecule has 0 unspecified atom stereocenters. The Bertz CT molecular complexity index is 1260. The molecular weight excluding hydrogens is 409 g/mol. The lowest BCUT2D eigenvalue weighted by Crippen LogP contribution is -2.49. The number of imidazole rings is 1. The Balaban J connectivity index is 1.57. The number of rotatable bonds is 9. The van der Waals surface area contributed by atoms with Gasteiger partial charge in [0.05, 0.1) is 22.2 Å². The van der Waals surface area contributed by atoms with Crippen molar-refractivity contribution < 1.29 is 9.76 Å². The molecule has 3 aromatic carbocycles. The van der Waals surface area contributed by atoms with Gasteiger partial charge in [0.2, 0.25) is 0 Å². The van der Waals surface area contributed by atoms with Crippen molar-refractivity contribution in [2.45, 2.75) is 58.2 Å². The molecular formula is C27H33BN3O2. The van der Waals surface area contributed by atoms with Crippen LogP contribution in [-0.2, 0) is 11.1 Å². The van der Waals surface area contributed by atoms with Crippen molar-refractivity contribution in [2.75, 3.05) is 6.54 Å². The first-order valence-electron chi connectivity index (χ1n) is 11.6. The van der Waals surface area contributed by atoms with Crippen molar-refractivity contribution in [2.24, 2.45) is 5.73 Å². The third kappa shape index (κ3) is 5.30. The lowest BCUT2D eigenvalue weighted by atomic mass is 9.82. The fourth-order valence-corrected chi connectivity index (χ4v) is 3.67. The standard InChI is InChI=1S/C27H33BN3O2/c1-26(2,32)27(3,4)33-28-22-12-10-18-8-9-19(15-21(18)16-22)20-11-13-23-24(17-20)31-25(30-23)7-5-6-14-29/h8-13,15-17,32H,5-7,14,29H2,1-4H3,(H,30,31). The number of unbranched alkanes of at least 4 members (excludes halogenated alkanes) is 1. The highest BCUT2D eigenvalue weighted by atomic mass is 16.5. The first-order chi connectivity index (χ1) is 15.7. The summed E-state index contributed by atoms with van der Waals surface area (Å²) in [5.41, 5.74) is 9.25. The highest BCUT2D eigenvalue weighted by Crippen LogP contribution is 2.27. The van der Waals surface area contributed by atoms with Crippen LogP contribution in [0.2, 0.25) is 0 Å². The molecule has 0 aliphatic carbocycles. The average Bonchev–Trinajstić information content (AvgIpc) is 3.18. The molecule has 171 valence electrons. The zero-order chi connectivity index (χ0) is 23.6. The van der Waals surface area contributed by atoms with Crippen LogP contribution in [0.5, 0.6) is 0 Å². The number of H-pyrrole nitrogens is 1. The number of nitrogens with zero attached hydrogens (tertiary/aromatic N) is 1. The number of benzene rings is 3. The van der Waals surface area contributed by atoms with Crippen LogP contribution in [-0.4, -0.2) is 40.3 Å². The number of aromatic amines is 1. The van der Waals surface area contributed by atoms with Gasteiger partial charge in [0.15, 0.2) is 0 Å². The SMILES string of the molecule is CC(C)(O)C(C)(C)O[B]c1ccc2ccc(-c3ccc4nc(CCCCN)[nH]c4c3)cc2c1. The predicted octanol–water partition coefficient (Wildman–Crippen LogP) is 4.48. The second-order valence-corrected chi connectivity index (χ2v) is 9.79. The van der Waals surface area contributed by atoms with Gasteiger partial charge in [0.1, 0.15) is 5.82 Å². The Hall–Kier alpha value is -2.67. The van der Waals surface area contributed by atoms with E-state index in [1.807, 2.05) is 19.9 Å². The van der Waals surface area contributed by atoms with Crippen molar-refractivity contribution >= 4 is 34.8 Å². The second-order valence-electron chi connectivity index (χ2n) is 9.79. The lowest BCUT2D eigenvalue weighted by molar-refractivity contribution is -0.0893. The van der Waals surface area contributed by atoms with Gasteiger partial charge in [-0.1, -0.05) is 41.9 Å². The Morgan fingerprint density at radius 3 is 2.42 bits per heavy atom. The molecule has 0 saturated heterocycles. The van der Waals surface area contributed by atoms with E-state index in [-0.39, 0.29) is 0 Å². The minimum absolute atomic E-state index is 0.702. The summed E-state index contributed by atoms with van der Waals surface area (Å²) in [6.07, 6.45) is 2.98. The van der Waals surface area contributed by atoms with Gasteiger partial charge in [-0.3, -0.25) is 0 Å². The Morgan fingerprint density at radius 2 is 1.67 bits per heavy atom. The fourth-order valence-electron chi connectivity index (χ4n) is 3.67. The van der Waals surface area contributed by atoms with Crippen LogP contribution in [0.4, 0.5) is 0 Å². The van der Waals surface area contributed by atoms with E-state index in [1.54, 1.807) is 21.3 Å². The van der Waals surface area contributed by atoms with Crippen LogP contribution in [0.25, 0.3) is 32.9 Å². The number of aromatic nitrogens is 2. The van der Waals surface area contributed by atoms with Crippen molar-refractivity contribution in [3.63, 3.8) is 0 Å². The molecule has 4 N–H and O–H groups in total. The summed E-state index contributed by atoms with van der Waals surface area (Å²) in [5, 5.41) is 12.6. The lowest BCUT2D eigenvalue weighted by Gasteiger charge is -2.37. The van der Waals surface area contributed by atoms with Gasteiger partial charge in [0, 0.05) is 6.42 Å². The number of hydrogen-bond donors (Lipinski definition) is 3. The van der Waals surface area contributed by atoms with E-state index in [1.165, 1.54) is 5.39 Å². The smallest absolute Gasteiger partial charge is 0.330 e. The molecule has 5 nitrogen and oxygen atoms in total. The van der Waals surface area contributed by atoms with Crippen molar-refractivity contribution in [1.82, 2.24) is 9.97 Å². The van der Waals surface area contributed by atoms with Crippen LogP contribution in [0.3, 0.4) is 0 Å². The Kier molecular flexibility index (Phi) is 6.62. The first-order valence-corrected chi connectivity index (χ1v) is 11.6. The minimum atomic E-state index is -0.955. The summed E-state index contributed by atoms with van der Waals surface area (Å²) >= 11 is 0. The van der Waals surface area contributed by atoms with Crippen molar-refractivity contribution in [3.8, 4) is 11.1 Å². The molecule has 0 aliphatic rings. The van der Waals surface area contributed by atoms with Gasteiger partial charge in [-0.05, 0) is 87.2 Å². The van der Waals surface area contributed by atoms with Crippen LogP contribution in [0.15, 0.2) is 54.6 Å². The summed E-state index contributed by atoms with van der Waals surface area (Å²) in [6, 6.07) is 19.1. The molecule has 0 spiro atoms. The van der Waals surface area contributed by atoms with E-state index in [0.717, 1.165) is 64.6 Å². The maximum atomic E-state index is 10.3. The summed E-state index contributed by atoms with van der Waals surface area (Å²) in [7, 11) is 1.73. The third-order valence-corrected chi connectivity index (χ3v) is 6.56. The van der Waals surface area contributed by atoms with Crippen LogP contribution in [0.1, 0.15) is 46.4 Å². The minimum Gasteiger partial charge on any atom is -0.427 e. The molecule has 0 aliphatic heterocycles. The van der Waals surface area contributed by atoms with Gasteiger partial charge in [-0.25, -0.2) is 4.98 Å². The summed E-state index contributed by atoms with van der Waals surface area (Å²) in [6.45, 7) is 8.01. The van der Waals surface area contributed by atoms with Gasteiger partial charge in [0.25, 0.3) is 0 Å². The van der Waals surface area contributed by atoms with Crippen LogP contribution in [0, 0.1) is 0 Å². The van der Waals surface area contributed by atoms with E-state index in [0.29, 0.717) is 0 Å². The normalized spacial score (nSPS) is 12.5. The number of fused-ring (bicyclic) bond motifs is 2. The zero-order valence-electron chi connectivity index (χ0n) is 20.0. The number of hydrogen-bond acceptors (Lipinski definition) is 4. The molecule has 33 heavy (non-hydrogen) atoms. The van der Waals surface area contributed by atoms with Crippen LogP contribution >= 0.6 is 0 Å². The van der Waals surface area contributed by atoms with Crippen molar-refractivity contribution in [3.05, 3.63) is 60.4 Å². The van der Waals surface area contributed by atoms with E-state index < -0.39 is 11.2 Å². The molecule has 4 rings (SSSR count). The number of nitrogens with one attached hydrogen (secondary N) is 1. The first kappa shape index (κ1) is 23.5. The number of nitrogens with two attached hydrogens (primary N) is 1. The van der Waals surface area contributed by atoms with Gasteiger partial charge < -0.3 is 20.5 Å². The molecule has 0 amide bonds. The van der Waals surface area contributed by atoms with E-state index >= 15 is 0 Å². The molecule has 6 heteroatoms. The highest BCUT2D eigenvalue weighted by molar-refractivity contribution is 6.47. The van der Waals surface area contributed by atoms with E-state index in [4.69, 9.17) is 15.4 Å². The monoisotopic (exact) mass is 442 g/mol. The molecule has 0 bridgehead atoms. The summed E-state index contributed by atoms with van der Waals surface area (Å²) in [5.74, 6) is 1.02. The zero-order valence-corrected chi connectivity index (χ0v) is 20.0. The molecule has 1 heterocycles. The molecule has 1 aromatic heterocycles. The summed E-state index contributed by atoms with van der Waals surface area (Å²) < 4.78 is 5.94. The maximum absolute atomic E-state index is 10.3. The number of aliphatic hydroxyl groups is 1. The van der Waals surface area contributed by atoms with E-state index in [9.17, 15) is 5.11 Å². The quantitative estimate of drug-likeness (QED) is 0.264.